The van der Waals surface area contributed by atoms with E-state index < -0.39 is 0 Å². The molecule has 1 aliphatic carbocycles. The second-order valence-corrected chi connectivity index (χ2v) is 7.24. The number of ether oxygens (including phenoxy) is 1. The average Bonchev–Trinajstić information content (AvgIpc) is 2.45. The molecule has 2 nitrogen and oxygen atoms in total. The van der Waals surface area contributed by atoms with Crippen molar-refractivity contribution in [2.75, 3.05) is 6.61 Å². The van der Waals surface area contributed by atoms with E-state index in [1.165, 1.54) is 31.3 Å². The summed E-state index contributed by atoms with van der Waals surface area (Å²) in [6, 6.07) is 0. The van der Waals surface area contributed by atoms with E-state index >= 15 is 0 Å². The monoisotopic (exact) mass is 306 g/mol. The molecule has 0 N–H and O–H groups in total. The second-order valence-electron chi connectivity index (χ2n) is 7.24. The van der Waals surface area contributed by atoms with Gasteiger partial charge in [-0.1, -0.05) is 52.2 Å². The van der Waals surface area contributed by atoms with E-state index in [4.69, 9.17) is 4.74 Å². The first kappa shape index (κ1) is 19.0. The molecule has 0 heterocycles. The predicted octanol–water partition coefficient (Wildman–Crippen LogP) is 5.68. The quantitative estimate of drug-likeness (QED) is 0.425. The molecular weight excluding hydrogens is 272 g/mol. The number of carbonyl (C=O) groups excluding carboxylic acids is 1. The van der Waals surface area contributed by atoms with Crippen molar-refractivity contribution >= 4 is 5.97 Å². The molecule has 0 aromatic heterocycles. The van der Waals surface area contributed by atoms with Crippen molar-refractivity contribution in [1.82, 2.24) is 0 Å². The van der Waals surface area contributed by atoms with Crippen LogP contribution in [0.25, 0.3) is 0 Å². The third-order valence-corrected chi connectivity index (χ3v) is 4.81. The SMILES string of the molecule is CCOC(=O)/C=C1/C=C(CC(C)CCC(C)C(C)C)CCC1. The van der Waals surface area contributed by atoms with Crippen molar-refractivity contribution in [1.29, 1.82) is 0 Å². The topological polar surface area (TPSA) is 26.3 Å². The molecule has 0 saturated heterocycles. The Morgan fingerprint density at radius 2 is 1.95 bits per heavy atom. The number of hydrogen-bond acceptors (Lipinski definition) is 2. The maximum Gasteiger partial charge on any atom is 0.331 e. The highest BCUT2D eigenvalue weighted by molar-refractivity contribution is 5.83. The summed E-state index contributed by atoms with van der Waals surface area (Å²) in [6.45, 7) is 11.6. The van der Waals surface area contributed by atoms with Crippen LogP contribution in [0.5, 0.6) is 0 Å². The Bertz CT molecular complexity index is 404. The lowest BCUT2D eigenvalue weighted by molar-refractivity contribution is -0.137. The molecule has 0 aromatic rings. The molecule has 0 aliphatic heterocycles. The summed E-state index contributed by atoms with van der Waals surface area (Å²) in [5.41, 5.74) is 2.65. The average molecular weight is 306 g/mol. The third-order valence-electron chi connectivity index (χ3n) is 4.81. The van der Waals surface area contributed by atoms with Gasteiger partial charge in [-0.3, -0.25) is 0 Å². The minimum atomic E-state index is -0.200. The summed E-state index contributed by atoms with van der Waals surface area (Å²) in [5.74, 6) is 2.12. The van der Waals surface area contributed by atoms with Crippen LogP contribution >= 0.6 is 0 Å². The van der Waals surface area contributed by atoms with Gasteiger partial charge in [0.2, 0.25) is 0 Å². The fourth-order valence-electron chi connectivity index (χ4n) is 2.97. The first-order valence-corrected chi connectivity index (χ1v) is 8.99. The zero-order valence-corrected chi connectivity index (χ0v) is 15.2. The van der Waals surface area contributed by atoms with Gasteiger partial charge in [0.15, 0.2) is 0 Å². The molecular formula is C20H34O2. The Morgan fingerprint density at radius 1 is 1.23 bits per heavy atom. The van der Waals surface area contributed by atoms with E-state index in [-0.39, 0.29) is 5.97 Å². The highest BCUT2D eigenvalue weighted by atomic mass is 16.5. The van der Waals surface area contributed by atoms with E-state index in [0.29, 0.717) is 6.61 Å². The van der Waals surface area contributed by atoms with Gasteiger partial charge in [-0.15, -0.1) is 0 Å². The van der Waals surface area contributed by atoms with Gasteiger partial charge < -0.3 is 4.74 Å². The van der Waals surface area contributed by atoms with Crippen LogP contribution in [-0.2, 0) is 9.53 Å². The Labute approximate surface area is 137 Å². The molecule has 0 fully saturated rings. The molecule has 126 valence electrons. The molecule has 0 bridgehead atoms. The van der Waals surface area contributed by atoms with Crippen molar-refractivity contribution in [2.24, 2.45) is 17.8 Å². The number of hydrogen-bond donors (Lipinski definition) is 0. The van der Waals surface area contributed by atoms with E-state index in [0.717, 1.165) is 36.2 Å². The van der Waals surface area contributed by atoms with Gasteiger partial charge in [-0.25, -0.2) is 4.79 Å². The summed E-state index contributed by atoms with van der Waals surface area (Å²) in [5, 5.41) is 0. The molecule has 22 heavy (non-hydrogen) atoms. The van der Waals surface area contributed by atoms with Gasteiger partial charge in [0.05, 0.1) is 6.61 Å². The molecule has 0 amide bonds. The van der Waals surface area contributed by atoms with E-state index in [9.17, 15) is 4.79 Å². The van der Waals surface area contributed by atoms with Gasteiger partial charge in [-0.2, -0.15) is 0 Å². The Balaban J connectivity index is 2.50. The largest absolute Gasteiger partial charge is 0.463 e. The normalized spacial score (nSPS) is 19.9. The highest BCUT2D eigenvalue weighted by Crippen LogP contribution is 2.29. The van der Waals surface area contributed by atoms with Crippen LogP contribution in [-0.4, -0.2) is 12.6 Å². The smallest absolute Gasteiger partial charge is 0.331 e. The van der Waals surface area contributed by atoms with Crippen molar-refractivity contribution in [2.45, 2.75) is 73.1 Å². The number of allylic oxidation sites excluding steroid dienone is 3. The van der Waals surface area contributed by atoms with Crippen LogP contribution in [0.1, 0.15) is 73.1 Å². The van der Waals surface area contributed by atoms with Crippen LogP contribution in [0.4, 0.5) is 0 Å². The zero-order chi connectivity index (χ0) is 16.5. The first-order chi connectivity index (χ1) is 10.4. The van der Waals surface area contributed by atoms with Crippen molar-refractivity contribution in [3.63, 3.8) is 0 Å². The van der Waals surface area contributed by atoms with E-state index in [2.05, 4.69) is 33.8 Å². The van der Waals surface area contributed by atoms with E-state index in [1.807, 2.05) is 6.92 Å². The summed E-state index contributed by atoms with van der Waals surface area (Å²) in [6.07, 6.45) is 11.0. The summed E-state index contributed by atoms with van der Waals surface area (Å²) in [4.78, 5) is 11.6. The van der Waals surface area contributed by atoms with Crippen LogP contribution in [0.15, 0.2) is 23.3 Å². The van der Waals surface area contributed by atoms with Crippen molar-refractivity contribution in [3.8, 4) is 0 Å². The van der Waals surface area contributed by atoms with Crippen LogP contribution in [0, 0.1) is 17.8 Å². The highest BCUT2D eigenvalue weighted by Gasteiger charge is 2.14. The van der Waals surface area contributed by atoms with Gasteiger partial charge in [0, 0.05) is 6.08 Å². The Hall–Kier alpha value is -1.05. The van der Waals surface area contributed by atoms with Crippen molar-refractivity contribution in [3.05, 3.63) is 23.3 Å². The predicted molar refractivity (Wildman–Crippen MR) is 93.7 cm³/mol. The first-order valence-electron chi connectivity index (χ1n) is 8.99. The molecule has 0 radical (unpaired) electrons. The summed E-state index contributed by atoms with van der Waals surface area (Å²) in [7, 11) is 0. The number of carbonyl (C=O) groups is 1. The fourth-order valence-corrected chi connectivity index (χ4v) is 2.97. The second kappa shape index (κ2) is 9.86. The lowest BCUT2D eigenvalue weighted by Crippen LogP contribution is -2.08. The molecule has 1 aliphatic rings. The molecule has 0 saturated carbocycles. The van der Waals surface area contributed by atoms with Crippen molar-refractivity contribution < 1.29 is 9.53 Å². The summed E-state index contributed by atoms with van der Waals surface area (Å²) < 4.78 is 5.00. The van der Waals surface area contributed by atoms with E-state index in [1.54, 1.807) is 6.08 Å². The van der Waals surface area contributed by atoms with Gasteiger partial charge >= 0.3 is 5.97 Å². The van der Waals surface area contributed by atoms with Gasteiger partial charge in [-0.05, 0) is 55.9 Å². The van der Waals surface area contributed by atoms with Crippen LogP contribution < -0.4 is 0 Å². The zero-order valence-electron chi connectivity index (χ0n) is 15.2. The number of rotatable bonds is 8. The molecule has 2 heteroatoms. The van der Waals surface area contributed by atoms with Crippen LogP contribution in [0.2, 0.25) is 0 Å². The third kappa shape index (κ3) is 7.29. The molecule has 1 rings (SSSR count). The minimum absolute atomic E-state index is 0.200. The van der Waals surface area contributed by atoms with Gasteiger partial charge in [0.25, 0.3) is 0 Å². The Morgan fingerprint density at radius 3 is 2.59 bits per heavy atom. The maximum absolute atomic E-state index is 11.6. The molecule has 0 aromatic carbocycles. The molecule has 2 atom stereocenters. The fraction of sp³-hybridized carbons (Fsp3) is 0.750. The van der Waals surface area contributed by atoms with Crippen LogP contribution in [0.3, 0.4) is 0 Å². The standard InChI is InChI=1S/C20H34O2/c1-6-22-20(21)14-19-9-7-8-18(13-19)12-16(4)10-11-17(5)15(2)3/h13-17H,6-12H2,1-5H3/b19-14+. The molecule has 0 spiro atoms. The lowest BCUT2D eigenvalue weighted by atomic mass is 9.85. The minimum Gasteiger partial charge on any atom is -0.463 e. The molecule has 2 unspecified atom stereocenters. The summed E-state index contributed by atoms with van der Waals surface area (Å²) >= 11 is 0. The number of esters is 1. The lowest BCUT2D eigenvalue weighted by Gasteiger charge is -2.21. The van der Waals surface area contributed by atoms with Gasteiger partial charge in [0.1, 0.15) is 0 Å². The Kier molecular flexibility index (Phi) is 8.52. The maximum atomic E-state index is 11.6.